The summed E-state index contributed by atoms with van der Waals surface area (Å²) in [6, 6.07) is 7.54. The quantitative estimate of drug-likeness (QED) is 0.731. The molecule has 1 aromatic heterocycles. The first-order chi connectivity index (χ1) is 8.49. The molecule has 0 radical (unpaired) electrons. The van der Waals surface area contributed by atoms with Gasteiger partial charge in [0.15, 0.2) is 5.82 Å². The lowest BCUT2D eigenvalue weighted by molar-refractivity contribution is 1.30. The second-order valence-corrected chi connectivity index (χ2v) is 5.70. The number of anilines is 3. The summed E-state index contributed by atoms with van der Waals surface area (Å²) in [6.45, 7) is 2.03. The molecule has 2 aromatic rings. The molecule has 2 rings (SSSR count). The molecule has 3 nitrogen and oxygen atoms in total. The highest BCUT2D eigenvalue weighted by molar-refractivity contribution is 14.1. The van der Waals surface area contributed by atoms with Gasteiger partial charge in [-0.3, -0.25) is 0 Å². The van der Waals surface area contributed by atoms with Gasteiger partial charge >= 0.3 is 0 Å². The maximum atomic E-state index is 6.08. The molecule has 0 spiro atoms. The third-order valence-electron chi connectivity index (χ3n) is 2.48. The molecule has 0 aliphatic carbocycles. The maximum Gasteiger partial charge on any atom is 0.151 e. The molecule has 94 valence electrons. The minimum absolute atomic E-state index is 0.256. The van der Waals surface area contributed by atoms with Crippen molar-refractivity contribution in [3.8, 4) is 0 Å². The molecule has 0 saturated heterocycles. The molecule has 0 aliphatic rings. The van der Waals surface area contributed by atoms with E-state index >= 15 is 0 Å². The normalized spacial score (nSPS) is 10.4. The zero-order valence-corrected chi connectivity index (χ0v) is 13.1. The van der Waals surface area contributed by atoms with Crippen molar-refractivity contribution in [3.63, 3.8) is 0 Å². The van der Waals surface area contributed by atoms with E-state index < -0.39 is 0 Å². The number of aromatic nitrogens is 1. The van der Waals surface area contributed by atoms with Crippen LogP contribution in [-0.2, 0) is 0 Å². The Morgan fingerprint density at radius 1 is 1.28 bits per heavy atom. The molecule has 1 aromatic carbocycles. The van der Waals surface area contributed by atoms with Crippen molar-refractivity contribution in [2.45, 2.75) is 6.92 Å². The highest BCUT2D eigenvalue weighted by atomic mass is 127. The van der Waals surface area contributed by atoms with Gasteiger partial charge in [0.05, 0.1) is 10.0 Å². The second-order valence-electron chi connectivity index (χ2n) is 3.72. The molecule has 0 unspecified atom stereocenters. The summed E-state index contributed by atoms with van der Waals surface area (Å²) in [5.74, 6) is 0.760. The van der Waals surface area contributed by atoms with Crippen molar-refractivity contribution in [3.05, 3.63) is 43.4 Å². The van der Waals surface area contributed by atoms with Gasteiger partial charge in [0.1, 0.15) is 5.82 Å². The van der Waals surface area contributed by atoms with Gasteiger partial charge in [0.2, 0.25) is 0 Å². The van der Waals surface area contributed by atoms with E-state index in [2.05, 4.69) is 32.9 Å². The Morgan fingerprint density at radius 3 is 2.72 bits per heavy atom. The van der Waals surface area contributed by atoms with Crippen LogP contribution in [0.5, 0.6) is 0 Å². The topological polar surface area (TPSA) is 50.9 Å². The number of nitrogens with one attached hydrogen (secondary N) is 1. The molecule has 1 heterocycles. The summed E-state index contributed by atoms with van der Waals surface area (Å²) < 4.78 is 1.16. The third kappa shape index (κ3) is 2.81. The summed E-state index contributed by atoms with van der Waals surface area (Å²) in [6.07, 6.45) is 0. The first-order valence-electron chi connectivity index (χ1n) is 5.12. The lowest BCUT2D eigenvalue weighted by Gasteiger charge is -2.12. The Balaban J connectivity index is 2.40. The number of nitrogens with zero attached hydrogens (tertiary/aromatic N) is 1. The van der Waals surface area contributed by atoms with Crippen LogP contribution in [0.3, 0.4) is 0 Å². The molecule has 0 atom stereocenters. The highest BCUT2D eigenvalue weighted by Crippen LogP contribution is 2.31. The fourth-order valence-corrected chi connectivity index (χ4v) is 2.34. The van der Waals surface area contributed by atoms with Crippen LogP contribution in [0.1, 0.15) is 5.56 Å². The van der Waals surface area contributed by atoms with Crippen LogP contribution >= 0.6 is 45.8 Å². The SMILES string of the molecule is Cc1c(I)cccc1Nc1nc(N)c(Cl)cc1Cl. The molecule has 18 heavy (non-hydrogen) atoms. The van der Waals surface area contributed by atoms with Gasteiger partial charge in [-0.25, -0.2) is 4.98 Å². The number of hydrogen-bond acceptors (Lipinski definition) is 3. The van der Waals surface area contributed by atoms with Crippen LogP contribution in [0.25, 0.3) is 0 Å². The van der Waals surface area contributed by atoms with Crippen molar-refractivity contribution in [1.82, 2.24) is 4.98 Å². The van der Waals surface area contributed by atoms with Gasteiger partial charge in [-0.15, -0.1) is 0 Å². The van der Waals surface area contributed by atoms with Crippen LogP contribution < -0.4 is 11.1 Å². The predicted octanol–water partition coefficient (Wildman–Crippen LogP) is 4.63. The summed E-state index contributed by atoms with van der Waals surface area (Å²) in [5.41, 5.74) is 7.74. The van der Waals surface area contributed by atoms with E-state index in [0.29, 0.717) is 15.9 Å². The molecule has 6 heteroatoms. The van der Waals surface area contributed by atoms with E-state index in [9.17, 15) is 0 Å². The zero-order valence-electron chi connectivity index (χ0n) is 9.47. The second kappa shape index (κ2) is 5.50. The minimum Gasteiger partial charge on any atom is -0.382 e. The Bertz CT molecular complexity index is 602. The van der Waals surface area contributed by atoms with Crippen LogP contribution in [0.15, 0.2) is 24.3 Å². The van der Waals surface area contributed by atoms with Gasteiger partial charge in [0, 0.05) is 9.26 Å². The predicted molar refractivity (Wildman–Crippen MR) is 85.8 cm³/mol. The lowest BCUT2D eigenvalue weighted by Crippen LogP contribution is -2.00. The number of hydrogen-bond donors (Lipinski definition) is 2. The van der Waals surface area contributed by atoms with E-state index in [1.54, 1.807) is 6.07 Å². The Morgan fingerprint density at radius 2 is 2.00 bits per heavy atom. The smallest absolute Gasteiger partial charge is 0.151 e. The Labute approximate surface area is 129 Å². The zero-order chi connectivity index (χ0) is 13.3. The van der Waals surface area contributed by atoms with Crippen LogP contribution in [0.2, 0.25) is 10.0 Å². The summed E-state index contributed by atoms with van der Waals surface area (Å²) >= 11 is 14.2. The van der Waals surface area contributed by atoms with Crippen molar-refractivity contribution in [1.29, 1.82) is 0 Å². The van der Waals surface area contributed by atoms with Crippen LogP contribution in [-0.4, -0.2) is 4.98 Å². The summed E-state index contributed by atoms with van der Waals surface area (Å²) in [4.78, 5) is 4.14. The molecular formula is C12H10Cl2IN3. The van der Waals surface area contributed by atoms with Crippen LogP contribution in [0.4, 0.5) is 17.3 Å². The lowest BCUT2D eigenvalue weighted by atomic mass is 10.2. The molecular weight excluding hydrogens is 384 g/mol. The number of benzene rings is 1. The van der Waals surface area contributed by atoms with Gasteiger partial charge in [-0.05, 0) is 53.3 Å². The van der Waals surface area contributed by atoms with Crippen LogP contribution in [0, 0.1) is 10.5 Å². The molecule has 0 bridgehead atoms. The van der Waals surface area contributed by atoms with Crippen molar-refractivity contribution in [2.75, 3.05) is 11.1 Å². The minimum atomic E-state index is 0.256. The molecule has 3 N–H and O–H groups in total. The standard InChI is InChI=1S/C12H10Cl2IN3/c1-6-9(15)3-2-4-10(6)17-12-8(14)5-7(13)11(16)18-12/h2-5H,1H3,(H3,16,17,18). The highest BCUT2D eigenvalue weighted by Gasteiger charge is 2.09. The number of pyridine rings is 1. The monoisotopic (exact) mass is 393 g/mol. The van der Waals surface area contributed by atoms with Gasteiger partial charge in [0.25, 0.3) is 0 Å². The van der Waals surface area contributed by atoms with E-state index in [0.717, 1.165) is 14.8 Å². The first kappa shape index (κ1) is 13.7. The van der Waals surface area contributed by atoms with Crippen molar-refractivity contribution in [2.24, 2.45) is 0 Å². The Kier molecular flexibility index (Phi) is 4.19. The average molecular weight is 394 g/mol. The van der Waals surface area contributed by atoms with Gasteiger partial charge in [-0.2, -0.15) is 0 Å². The molecule has 0 aliphatic heterocycles. The Hall–Kier alpha value is -0.720. The number of rotatable bonds is 2. The van der Waals surface area contributed by atoms with Crippen molar-refractivity contribution < 1.29 is 0 Å². The van der Waals surface area contributed by atoms with Gasteiger partial charge < -0.3 is 11.1 Å². The third-order valence-corrected chi connectivity index (χ3v) is 4.24. The van der Waals surface area contributed by atoms with E-state index in [4.69, 9.17) is 28.9 Å². The number of halogens is 3. The number of nitrogens with two attached hydrogens (primary N) is 1. The molecule has 0 fully saturated rings. The van der Waals surface area contributed by atoms with E-state index in [-0.39, 0.29) is 5.82 Å². The van der Waals surface area contributed by atoms with Gasteiger partial charge in [-0.1, -0.05) is 29.3 Å². The molecule has 0 saturated carbocycles. The largest absolute Gasteiger partial charge is 0.382 e. The summed E-state index contributed by atoms with van der Waals surface area (Å²) in [7, 11) is 0. The summed E-state index contributed by atoms with van der Waals surface area (Å²) in [5, 5.41) is 3.95. The average Bonchev–Trinajstić information content (AvgIpc) is 2.32. The fourth-order valence-electron chi connectivity index (χ4n) is 1.44. The fraction of sp³-hybridized carbons (Fsp3) is 0.0833. The molecule has 0 amide bonds. The van der Waals surface area contributed by atoms with E-state index in [1.807, 2.05) is 25.1 Å². The number of nitrogen functional groups attached to an aromatic ring is 1. The van der Waals surface area contributed by atoms with Crippen molar-refractivity contribution >= 4 is 63.1 Å². The first-order valence-corrected chi connectivity index (χ1v) is 6.96. The maximum absolute atomic E-state index is 6.08. The van der Waals surface area contributed by atoms with E-state index in [1.165, 1.54) is 0 Å².